The smallest absolute Gasteiger partial charge is 0.249 e. The third-order valence-electron chi connectivity index (χ3n) is 1.38. The maximum Gasteiger partial charge on any atom is 0.249 e. The van der Waals surface area contributed by atoms with Crippen LogP contribution in [0.5, 0.6) is 0 Å². The highest BCUT2D eigenvalue weighted by Crippen LogP contribution is 2.31. The Morgan fingerprint density at radius 2 is 2.42 bits per heavy atom. The first-order valence-corrected chi connectivity index (χ1v) is 4.90. The number of thiophene rings is 1. The Kier molecular flexibility index (Phi) is 2.87. The molecule has 0 saturated carbocycles. The van der Waals surface area contributed by atoms with Gasteiger partial charge in [0.25, 0.3) is 0 Å². The summed E-state index contributed by atoms with van der Waals surface area (Å²) in [7, 11) is 0. The van der Waals surface area contributed by atoms with Gasteiger partial charge in [-0.1, -0.05) is 0 Å². The lowest BCUT2D eigenvalue weighted by atomic mass is 10.2. The summed E-state index contributed by atoms with van der Waals surface area (Å²) in [4.78, 5) is 11.4. The molecule has 12 heavy (non-hydrogen) atoms. The molecule has 1 atom stereocenters. The van der Waals surface area contributed by atoms with E-state index in [-0.39, 0.29) is 0 Å². The van der Waals surface area contributed by atoms with E-state index in [0.29, 0.717) is 10.4 Å². The number of hydrogen-bond donors (Lipinski definition) is 2. The van der Waals surface area contributed by atoms with Crippen LogP contribution in [0, 0.1) is 0 Å². The van der Waals surface area contributed by atoms with Gasteiger partial charge in [-0.25, -0.2) is 0 Å². The topological polar surface area (TPSA) is 63.3 Å². The van der Waals surface area contributed by atoms with Gasteiger partial charge in [-0.15, -0.1) is 11.3 Å². The van der Waals surface area contributed by atoms with Crippen LogP contribution in [0.1, 0.15) is 28.3 Å². The Labute approximate surface area is 82.3 Å². The minimum atomic E-state index is -0.649. The van der Waals surface area contributed by atoms with E-state index in [0.717, 1.165) is 3.79 Å². The summed E-state index contributed by atoms with van der Waals surface area (Å²) in [5.41, 5.74) is 5.49. The summed E-state index contributed by atoms with van der Waals surface area (Å²) in [6, 6.07) is 1.62. The number of nitrogens with two attached hydrogens (primary N) is 1. The van der Waals surface area contributed by atoms with Crippen molar-refractivity contribution in [3.05, 3.63) is 20.3 Å². The zero-order valence-corrected chi connectivity index (χ0v) is 8.78. The Morgan fingerprint density at radius 3 is 2.75 bits per heavy atom. The molecular formula is C7H8BrNO2S. The molecule has 0 aliphatic carbocycles. The van der Waals surface area contributed by atoms with Gasteiger partial charge in [0.05, 0.1) is 15.5 Å². The number of carbonyl (C=O) groups excluding carboxylic acids is 1. The van der Waals surface area contributed by atoms with Crippen LogP contribution < -0.4 is 5.73 Å². The average Bonchev–Trinajstić information content (AvgIpc) is 2.31. The van der Waals surface area contributed by atoms with Crippen molar-refractivity contribution in [1.29, 1.82) is 0 Å². The standard InChI is InChI=1S/C7H8BrNO2S/c1-3(10)6-4(7(9)11)2-5(8)12-6/h2-3,10H,1H3,(H2,9,11). The first-order valence-electron chi connectivity index (χ1n) is 3.29. The predicted molar refractivity (Wildman–Crippen MR) is 51.2 cm³/mol. The summed E-state index contributed by atoms with van der Waals surface area (Å²) in [6.45, 7) is 1.60. The van der Waals surface area contributed by atoms with Crippen LogP contribution in [0.2, 0.25) is 0 Å². The summed E-state index contributed by atoms with van der Waals surface area (Å²) in [5.74, 6) is -0.507. The minimum absolute atomic E-state index is 0.391. The van der Waals surface area contributed by atoms with E-state index in [9.17, 15) is 9.90 Å². The molecule has 3 N–H and O–H groups in total. The number of aliphatic hydroxyl groups excluding tert-OH is 1. The molecular weight excluding hydrogens is 242 g/mol. The molecule has 1 unspecified atom stereocenters. The molecule has 0 aliphatic rings. The molecule has 1 amide bonds. The Balaban J connectivity index is 3.17. The zero-order valence-electron chi connectivity index (χ0n) is 6.37. The maximum atomic E-state index is 10.8. The second kappa shape index (κ2) is 3.55. The van der Waals surface area contributed by atoms with E-state index >= 15 is 0 Å². The fourth-order valence-electron chi connectivity index (χ4n) is 0.877. The lowest BCUT2D eigenvalue weighted by Gasteiger charge is -2.01. The van der Waals surface area contributed by atoms with Crippen LogP contribution in [0.4, 0.5) is 0 Å². The number of amides is 1. The van der Waals surface area contributed by atoms with Crippen molar-refractivity contribution in [3.63, 3.8) is 0 Å². The number of rotatable bonds is 2. The average molecular weight is 250 g/mol. The molecule has 0 fully saturated rings. The molecule has 1 aromatic rings. The summed E-state index contributed by atoms with van der Waals surface area (Å²) >= 11 is 4.54. The van der Waals surface area contributed by atoms with Gasteiger partial charge in [-0.05, 0) is 28.9 Å². The van der Waals surface area contributed by atoms with Crippen molar-refractivity contribution in [2.45, 2.75) is 13.0 Å². The summed E-state index contributed by atoms with van der Waals surface area (Å²) in [5, 5.41) is 9.25. The van der Waals surface area contributed by atoms with Crippen molar-refractivity contribution in [2.24, 2.45) is 5.73 Å². The largest absolute Gasteiger partial charge is 0.388 e. The number of hydrogen-bond acceptors (Lipinski definition) is 3. The number of primary amides is 1. The maximum absolute atomic E-state index is 10.8. The van der Waals surface area contributed by atoms with Gasteiger partial charge in [-0.2, -0.15) is 0 Å². The van der Waals surface area contributed by atoms with Gasteiger partial charge in [0.15, 0.2) is 0 Å². The van der Waals surface area contributed by atoms with Crippen molar-refractivity contribution in [1.82, 2.24) is 0 Å². The summed E-state index contributed by atoms with van der Waals surface area (Å²) < 4.78 is 0.798. The molecule has 0 radical (unpaired) electrons. The Bertz CT molecular complexity index is 308. The van der Waals surface area contributed by atoms with Gasteiger partial charge >= 0.3 is 0 Å². The molecule has 0 bridgehead atoms. The molecule has 1 heterocycles. The van der Waals surface area contributed by atoms with Gasteiger partial charge in [-0.3, -0.25) is 4.79 Å². The fourth-order valence-corrected chi connectivity index (χ4v) is 2.46. The van der Waals surface area contributed by atoms with E-state index < -0.39 is 12.0 Å². The van der Waals surface area contributed by atoms with E-state index in [4.69, 9.17) is 5.73 Å². The third-order valence-corrected chi connectivity index (χ3v) is 3.18. The highest BCUT2D eigenvalue weighted by atomic mass is 79.9. The molecule has 0 saturated heterocycles. The molecule has 0 aliphatic heterocycles. The predicted octanol–water partition coefficient (Wildman–Crippen LogP) is 1.66. The first kappa shape index (κ1) is 9.70. The lowest BCUT2D eigenvalue weighted by Crippen LogP contribution is -2.12. The Morgan fingerprint density at radius 1 is 1.83 bits per heavy atom. The van der Waals surface area contributed by atoms with Crippen molar-refractivity contribution in [2.75, 3.05) is 0 Å². The van der Waals surface area contributed by atoms with Crippen LogP contribution in [-0.4, -0.2) is 11.0 Å². The minimum Gasteiger partial charge on any atom is -0.388 e. The quantitative estimate of drug-likeness (QED) is 0.838. The molecule has 3 nitrogen and oxygen atoms in total. The monoisotopic (exact) mass is 249 g/mol. The van der Waals surface area contributed by atoms with E-state index in [1.165, 1.54) is 11.3 Å². The molecule has 5 heteroatoms. The van der Waals surface area contributed by atoms with Crippen LogP contribution in [0.25, 0.3) is 0 Å². The first-order chi connectivity index (χ1) is 5.52. The van der Waals surface area contributed by atoms with E-state index in [1.54, 1.807) is 13.0 Å². The van der Waals surface area contributed by atoms with Gasteiger partial charge in [0.2, 0.25) is 5.91 Å². The zero-order chi connectivity index (χ0) is 9.30. The van der Waals surface area contributed by atoms with Crippen LogP contribution in [0.15, 0.2) is 9.85 Å². The van der Waals surface area contributed by atoms with E-state index in [1.807, 2.05) is 0 Å². The van der Waals surface area contributed by atoms with Gasteiger partial charge in [0, 0.05) is 4.88 Å². The van der Waals surface area contributed by atoms with Crippen molar-refractivity contribution in [3.8, 4) is 0 Å². The second-order valence-electron chi connectivity index (χ2n) is 2.37. The van der Waals surface area contributed by atoms with Crippen molar-refractivity contribution < 1.29 is 9.90 Å². The molecule has 1 aromatic heterocycles. The third kappa shape index (κ3) is 1.85. The van der Waals surface area contributed by atoms with Crippen LogP contribution in [0.3, 0.4) is 0 Å². The lowest BCUT2D eigenvalue weighted by molar-refractivity contribution is 0.0995. The molecule has 0 spiro atoms. The van der Waals surface area contributed by atoms with E-state index in [2.05, 4.69) is 15.9 Å². The van der Waals surface area contributed by atoms with Crippen LogP contribution >= 0.6 is 27.3 Å². The second-order valence-corrected chi connectivity index (χ2v) is 4.83. The number of aliphatic hydroxyl groups is 1. The highest BCUT2D eigenvalue weighted by Gasteiger charge is 2.15. The highest BCUT2D eigenvalue weighted by molar-refractivity contribution is 9.11. The van der Waals surface area contributed by atoms with Crippen molar-refractivity contribution >= 4 is 33.2 Å². The Hall–Kier alpha value is -0.390. The molecule has 66 valence electrons. The normalized spacial score (nSPS) is 12.9. The summed E-state index contributed by atoms with van der Waals surface area (Å²) in [6.07, 6.45) is -0.649. The number of carbonyl (C=O) groups is 1. The van der Waals surface area contributed by atoms with Gasteiger partial charge in [0.1, 0.15) is 0 Å². The fraction of sp³-hybridized carbons (Fsp3) is 0.286. The van der Waals surface area contributed by atoms with Crippen LogP contribution in [-0.2, 0) is 0 Å². The molecule has 1 rings (SSSR count). The SMILES string of the molecule is CC(O)c1sc(Br)cc1C(N)=O. The molecule has 0 aromatic carbocycles. The number of halogens is 1. The van der Waals surface area contributed by atoms with Gasteiger partial charge < -0.3 is 10.8 Å².